The predicted molar refractivity (Wildman–Crippen MR) is 95.5 cm³/mol. The van der Waals surface area contributed by atoms with Crippen molar-refractivity contribution in [3.05, 3.63) is 58.6 Å². The summed E-state index contributed by atoms with van der Waals surface area (Å²) in [5, 5.41) is 19.1. The predicted octanol–water partition coefficient (Wildman–Crippen LogP) is 4.09. The van der Waals surface area contributed by atoms with Crippen LogP contribution in [-0.4, -0.2) is 17.7 Å². The zero-order valence-electron chi connectivity index (χ0n) is 12.4. The van der Waals surface area contributed by atoms with Gasteiger partial charge < -0.3 is 5.32 Å². The summed E-state index contributed by atoms with van der Waals surface area (Å²) in [7, 11) is 0. The van der Waals surface area contributed by atoms with Crippen molar-refractivity contribution in [1.29, 1.82) is 5.26 Å². The molecule has 0 bridgehead atoms. The third-order valence-corrected chi connectivity index (χ3v) is 4.02. The number of anilines is 2. The fourth-order valence-electron chi connectivity index (χ4n) is 2.32. The number of carbonyl (C=O) groups excluding carboxylic acids is 1. The van der Waals surface area contributed by atoms with Crippen LogP contribution in [0.25, 0.3) is 0 Å². The second-order valence-corrected chi connectivity index (χ2v) is 6.05. The van der Waals surface area contributed by atoms with E-state index in [2.05, 4.69) is 16.5 Å². The molecule has 0 aliphatic carbocycles. The Morgan fingerprint density at radius 2 is 1.71 bits per heavy atom. The number of nitrogens with one attached hydrogen (secondary N) is 1. The first kappa shape index (κ1) is 16.3. The number of rotatable bonds is 3. The van der Waals surface area contributed by atoms with E-state index in [0.717, 1.165) is 0 Å². The molecule has 5 nitrogen and oxygen atoms in total. The van der Waals surface area contributed by atoms with Crippen molar-refractivity contribution in [2.45, 2.75) is 12.5 Å². The summed E-state index contributed by atoms with van der Waals surface area (Å²) in [5.74, 6) is -0.339. The summed E-state index contributed by atoms with van der Waals surface area (Å²) in [6.07, 6.45) is 0.249. The third-order valence-electron chi connectivity index (χ3n) is 3.51. The summed E-state index contributed by atoms with van der Waals surface area (Å²) in [4.78, 5) is 12.4. The monoisotopic (exact) mass is 358 g/mol. The number of hydrazone groups is 1. The molecule has 1 aliphatic heterocycles. The highest BCUT2D eigenvalue weighted by atomic mass is 35.5. The molecule has 0 radical (unpaired) electrons. The topological polar surface area (TPSA) is 68.5 Å². The summed E-state index contributed by atoms with van der Waals surface area (Å²) in [6.45, 7) is 0. The Balaban J connectivity index is 1.79. The van der Waals surface area contributed by atoms with Crippen LogP contribution >= 0.6 is 23.2 Å². The highest BCUT2D eigenvalue weighted by Crippen LogP contribution is 2.26. The lowest BCUT2D eigenvalue weighted by Crippen LogP contribution is -2.25. The molecule has 0 unspecified atom stereocenters. The molecule has 2 aromatic carbocycles. The fraction of sp³-hybridized carbons (Fsp3) is 0.118. The van der Waals surface area contributed by atoms with Crippen molar-refractivity contribution in [1.82, 2.24) is 0 Å². The third kappa shape index (κ3) is 3.51. The molecule has 0 saturated carbocycles. The Morgan fingerprint density at radius 3 is 2.29 bits per heavy atom. The average Bonchev–Trinajstić information content (AvgIpc) is 3.02. The molecule has 1 N–H and O–H groups in total. The lowest BCUT2D eigenvalue weighted by molar-refractivity contribution is -0.110. The number of benzene rings is 2. The highest BCUT2D eigenvalue weighted by Gasteiger charge is 2.31. The Kier molecular flexibility index (Phi) is 4.70. The number of nitrogens with zero attached hydrogens (tertiary/aromatic N) is 3. The Labute approximate surface area is 149 Å². The lowest BCUT2D eigenvalue weighted by Gasteiger charge is -2.17. The van der Waals surface area contributed by atoms with Gasteiger partial charge in [0.1, 0.15) is 11.8 Å². The van der Waals surface area contributed by atoms with E-state index < -0.39 is 6.04 Å². The van der Waals surface area contributed by atoms with E-state index in [-0.39, 0.29) is 12.3 Å². The van der Waals surface area contributed by atoms with Gasteiger partial charge in [-0.1, -0.05) is 23.2 Å². The van der Waals surface area contributed by atoms with Gasteiger partial charge in [-0.15, -0.1) is 0 Å². The molecule has 1 heterocycles. The number of nitriles is 1. The minimum Gasteiger partial charge on any atom is -0.321 e. The van der Waals surface area contributed by atoms with Gasteiger partial charge in [0.15, 0.2) is 0 Å². The van der Waals surface area contributed by atoms with Crippen LogP contribution in [0.5, 0.6) is 0 Å². The zero-order valence-corrected chi connectivity index (χ0v) is 13.9. The number of amides is 1. The Hall–Kier alpha value is -2.55. The second kappa shape index (κ2) is 6.91. The van der Waals surface area contributed by atoms with Gasteiger partial charge in [-0.25, -0.2) is 5.01 Å². The van der Waals surface area contributed by atoms with E-state index in [4.69, 9.17) is 23.2 Å². The van der Waals surface area contributed by atoms with Gasteiger partial charge in [0.05, 0.1) is 11.8 Å². The molecular formula is C17H12Cl2N4O. The summed E-state index contributed by atoms with van der Waals surface area (Å²) < 4.78 is 0. The van der Waals surface area contributed by atoms with Gasteiger partial charge in [0, 0.05) is 22.2 Å². The molecule has 0 fully saturated rings. The largest absolute Gasteiger partial charge is 0.321 e. The minimum absolute atomic E-state index is 0.249. The van der Waals surface area contributed by atoms with Gasteiger partial charge in [-0.3, -0.25) is 4.79 Å². The molecule has 1 amide bonds. The first-order valence-corrected chi connectivity index (χ1v) is 7.91. The van der Waals surface area contributed by atoms with Crippen molar-refractivity contribution in [2.24, 2.45) is 5.10 Å². The second-order valence-electron chi connectivity index (χ2n) is 5.18. The summed E-state index contributed by atoms with van der Waals surface area (Å²) in [6, 6.07) is 15.4. The highest BCUT2D eigenvalue weighted by molar-refractivity contribution is 6.44. The molecule has 120 valence electrons. The minimum atomic E-state index is -0.530. The molecule has 0 spiro atoms. The number of halogens is 2. The van der Waals surface area contributed by atoms with Crippen LogP contribution < -0.4 is 10.3 Å². The van der Waals surface area contributed by atoms with Crippen molar-refractivity contribution < 1.29 is 4.79 Å². The van der Waals surface area contributed by atoms with Crippen molar-refractivity contribution in [2.75, 3.05) is 10.3 Å². The molecule has 0 saturated heterocycles. The zero-order chi connectivity index (χ0) is 17.1. The van der Waals surface area contributed by atoms with E-state index in [1.165, 1.54) is 5.01 Å². The van der Waals surface area contributed by atoms with Gasteiger partial charge >= 0.3 is 0 Å². The van der Waals surface area contributed by atoms with Crippen LogP contribution in [0.3, 0.4) is 0 Å². The van der Waals surface area contributed by atoms with Crippen molar-refractivity contribution >= 4 is 46.2 Å². The maximum absolute atomic E-state index is 12.4. The number of carbonyl (C=O) groups is 1. The molecule has 2 aromatic rings. The molecule has 7 heteroatoms. The van der Waals surface area contributed by atoms with Gasteiger partial charge in [-0.05, 0) is 48.5 Å². The van der Waals surface area contributed by atoms with E-state index in [1.54, 1.807) is 48.5 Å². The first-order chi connectivity index (χ1) is 11.6. The van der Waals surface area contributed by atoms with Gasteiger partial charge in [0.25, 0.3) is 5.91 Å². The van der Waals surface area contributed by atoms with E-state index >= 15 is 0 Å². The SMILES string of the molecule is N#C[C@@H]1CC(C(=O)Nc2ccc(Cl)cc2)=NN1c1ccc(Cl)cc1. The van der Waals surface area contributed by atoms with Crippen LogP contribution in [0.4, 0.5) is 11.4 Å². The van der Waals surface area contributed by atoms with Gasteiger partial charge in [0.2, 0.25) is 0 Å². The smallest absolute Gasteiger partial charge is 0.271 e. The Bertz CT molecular complexity index is 825. The molecule has 24 heavy (non-hydrogen) atoms. The average molecular weight is 359 g/mol. The normalized spacial score (nSPS) is 16.5. The first-order valence-electron chi connectivity index (χ1n) is 7.15. The van der Waals surface area contributed by atoms with Crippen LogP contribution in [0.2, 0.25) is 10.0 Å². The summed E-state index contributed by atoms with van der Waals surface area (Å²) in [5.41, 5.74) is 1.62. The van der Waals surface area contributed by atoms with E-state index in [9.17, 15) is 10.1 Å². The number of hydrogen-bond donors (Lipinski definition) is 1. The lowest BCUT2D eigenvalue weighted by atomic mass is 10.1. The Morgan fingerprint density at radius 1 is 1.12 bits per heavy atom. The molecule has 0 aromatic heterocycles. The van der Waals surface area contributed by atoms with Gasteiger partial charge in [-0.2, -0.15) is 10.4 Å². The summed E-state index contributed by atoms with van der Waals surface area (Å²) >= 11 is 11.7. The van der Waals surface area contributed by atoms with Crippen molar-refractivity contribution in [3.63, 3.8) is 0 Å². The van der Waals surface area contributed by atoms with Crippen LogP contribution in [0.1, 0.15) is 6.42 Å². The molecular weight excluding hydrogens is 347 g/mol. The fourth-order valence-corrected chi connectivity index (χ4v) is 2.57. The quantitative estimate of drug-likeness (QED) is 0.898. The van der Waals surface area contributed by atoms with Crippen LogP contribution in [0.15, 0.2) is 53.6 Å². The maximum atomic E-state index is 12.4. The van der Waals surface area contributed by atoms with Crippen LogP contribution in [-0.2, 0) is 4.79 Å². The van der Waals surface area contributed by atoms with E-state index in [0.29, 0.717) is 27.1 Å². The standard InChI is InChI=1S/C17H12Cl2N4O/c18-11-1-5-13(6-2-11)21-17(24)16-9-15(10-20)23(22-16)14-7-3-12(19)4-8-14/h1-8,15H,9H2,(H,21,24)/t15-/m0/s1. The maximum Gasteiger partial charge on any atom is 0.271 e. The van der Waals surface area contributed by atoms with Crippen molar-refractivity contribution in [3.8, 4) is 6.07 Å². The molecule has 3 rings (SSSR count). The number of hydrogen-bond acceptors (Lipinski definition) is 4. The van der Waals surface area contributed by atoms with Crippen LogP contribution in [0, 0.1) is 11.3 Å². The molecule has 1 aliphatic rings. The molecule has 1 atom stereocenters. The van der Waals surface area contributed by atoms with E-state index in [1.807, 2.05) is 0 Å².